The van der Waals surface area contributed by atoms with E-state index in [2.05, 4.69) is 39.4 Å². The lowest BCUT2D eigenvalue weighted by Gasteiger charge is -2.35. The number of likely N-dealkylation sites (tertiary alicyclic amines) is 1. The van der Waals surface area contributed by atoms with Gasteiger partial charge in [0.25, 0.3) is 0 Å². The first-order chi connectivity index (χ1) is 12.8. The number of nitrogens with one attached hydrogen (secondary N) is 2. The van der Waals surface area contributed by atoms with Crippen LogP contribution >= 0.6 is 0 Å². The number of ether oxygens (including phenoxy) is 1. The molecule has 0 amide bonds. The zero-order valence-electron chi connectivity index (χ0n) is 16.0. The lowest BCUT2D eigenvalue weighted by atomic mass is 10.0. The number of pyridine rings is 1. The lowest BCUT2D eigenvalue weighted by Crippen LogP contribution is -2.50. The first kappa shape index (κ1) is 21.3. The summed E-state index contributed by atoms with van der Waals surface area (Å²) in [5, 5.41) is 6.55. The topological polar surface area (TPSA) is 61.8 Å². The Kier molecular flexibility index (Phi) is 7.70. The molecule has 1 saturated heterocycles. The Balaban J connectivity index is 1.68. The number of halogens is 3. The average molecular weight is 387 g/mol. The minimum absolute atomic E-state index is 0.161. The number of hydrogen-bond donors (Lipinski definition) is 2. The van der Waals surface area contributed by atoms with Crippen molar-refractivity contribution in [1.82, 2.24) is 20.5 Å². The number of nitrogens with zero attached hydrogens (tertiary/aromatic N) is 3. The van der Waals surface area contributed by atoms with Crippen LogP contribution in [0.4, 0.5) is 13.2 Å². The van der Waals surface area contributed by atoms with Crippen molar-refractivity contribution >= 4 is 5.96 Å². The first-order valence-electron chi connectivity index (χ1n) is 9.17. The second-order valence-corrected chi connectivity index (χ2v) is 6.78. The standard InChI is InChI=1S/C18H28F3N5O/c1-13(2)26-9-6-15(7-10-26)25-17(22-3)23-8-11-27-16-5-4-14(12-24-16)18(19,20)21/h4-5,12-13,15H,6-11H2,1-3H3,(H2,22,23,25). The van der Waals surface area contributed by atoms with Crippen LogP contribution in [0.3, 0.4) is 0 Å². The van der Waals surface area contributed by atoms with Gasteiger partial charge in [-0.1, -0.05) is 0 Å². The molecule has 1 aromatic rings. The summed E-state index contributed by atoms with van der Waals surface area (Å²) in [5.74, 6) is 0.857. The molecular weight excluding hydrogens is 359 g/mol. The van der Waals surface area contributed by atoms with Crippen molar-refractivity contribution in [2.45, 2.75) is 44.9 Å². The normalized spacial score (nSPS) is 17.2. The van der Waals surface area contributed by atoms with Gasteiger partial charge in [-0.15, -0.1) is 0 Å². The van der Waals surface area contributed by atoms with Gasteiger partial charge in [0, 0.05) is 44.5 Å². The van der Waals surface area contributed by atoms with Gasteiger partial charge >= 0.3 is 6.18 Å². The molecule has 1 aromatic heterocycles. The Morgan fingerprint density at radius 1 is 1.33 bits per heavy atom. The van der Waals surface area contributed by atoms with Crippen LogP contribution in [0.5, 0.6) is 5.88 Å². The number of rotatable bonds is 6. The summed E-state index contributed by atoms with van der Waals surface area (Å²) in [6.07, 6.45) is -1.50. The van der Waals surface area contributed by atoms with Crippen LogP contribution < -0.4 is 15.4 Å². The summed E-state index contributed by atoms with van der Waals surface area (Å²) in [6, 6.07) is 3.13. The summed E-state index contributed by atoms with van der Waals surface area (Å²) in [4.78, 5) is 10.3. The molecule has 0 radical (unpaired) electrons. The molecule has 1 fully saturated rings. The van der Waals surface area contributed by atoms with E-state index in [0.29, 0.717) is 24.6 Å². The largest absolute Gasteiger partial charge is 0.476 e. The van der Waals surface area contributed by atoms with Gasteiger partial charge in [0.2, 0.25) is 5.88 Å². The third-order valence-electron chi connectivity index (χ3n) is 4.53. The van der Waals surface area contributed by atoms with E-state index in [1.807, 2.05) is 0 Å². The predicted molar refractivity (Wildman–Crippen MR) is 99.0 cm³/mol. The van der Waals surface area contributed by atoms with Crippen LogP contribution in [0.2, 0.25) is 0 Å². The van der Waals surface area contributed by atoms with Gasteiger partial charge in [-0.25, -0.2) is 4.98 Å². The minimum Gasteiger partial charge on any atom is -0.476 e. The maximum atomic E-state index is 12.5. The summed E-state index contributed by atoms with van der Waals surface area (Å²) >= 11 is 0. The summed E-state index contributed by atoms with van der Waals surface area (Å²) in [6.45, 7) is 7.28. The molecule has 0 atom stereocenters. The number of piperidine rings is 1. The van der Waals surface area contributed by atoms with Gasteiger partial charge in [0.15, 0.2) is 5.96 Å². The number of hydrogen-bond acceptors (Lipinski definition) is 4. The second-order valence-electron chi connectivity index (χ2n) is 6.78. The summed E-state index contributed by atoms with van der Waals surface area (Å²) in [5.41, 5.74) is -0.791. The average Bonchev–Trinajstić information content (AvgIpc) is 2.64. The van der Waals surface area contributed by atoms with Crippen molar-refractivity contribution in [2.75, 3.05) is 33.3 Å². The zero-order valence-corrected chi connectivity index (χ0v) is 16.0. The molecule has 0 unspecified atom stereocenters. The second kappa shape index (κ2) is 9.77. The molecule has 2 N–H and O–H groups in total. The maximum Gasteiger partial charge on any atom is 0.417 e. The fraction of sp³-hybridized carbons (Fsp3) is 0.667. The summed E-state index contributed by atoms with van der Waals surface area (Å²) in [7, 11) is 1.71. The Hall–Kier alpha value is -2.03. The van der Waals surface area contributed by atoms with E-state index in [4.69, 9.17) is 4.74 Å². The zero-order chi connectivity index (χ0) is 19.9. The molecule has 9 heteroatoms. The first-order valence-corrected chi connectivity index (χ1v) is 9.17. The number of guanidine groups is 1. The minimum atomic E-state index is -4.39. The van der Waals surface area contributed by atoms with Gasteiger partial charge in [-0.3, -0.25) is 4.99 Å². The molecule has 0 aromatic carbocycles. The summed E-state index contributed by atoms with van der Waals surface area (Å²) < 4.78 is 42.8. The van der Waals surface area contributed by atoms with E-state index in [1.54, 1.807) is 7.05 Å². The fourth-order valence-electron chi connectivity index (χ4n) is 2.91. The van der Waals surface area contributed by atoms with Crippen molar-refractivity contribution < 1.29 is 17.9 Å². The highest BCUT2D eigenvalue weighted by Gasteiger charge is 2.30. The number of aliphatic imine (C=N–C) groups is 1. The van der Waals surface area contributed by atoms with Crippen LogP contribution in [0.25, 0.3) is 0 Å². The van der Waals surface area contributed by atoms with Crippen molar-refractivity contribution in [1.29, 1.82) is 0 Å². The lowest BCUT2D eigenvalue weighted by molar-refractivity contribution is -0.137. The van der Waals surface area contributed by atoms with Gasteiger partial charge in [0.1, 0.15) is 6.61 Å². The highest BCUT2D eigenvalue weighted by Crippen LogP contribution is 2.29. The highest BCUT2D eigenvalue weighted by atomic mass is 19.4. The van der Waals surface area contributed by atoms with Crippen molar-refractivity contribution in [3.63, 3.8) is 0 Å². The van der Waals surface area contributed by atoms with Crippen molar-refractivity contribution in [2.24, 2.45) is 4.99 Å². The molecule has 27 heavy (non-hydrogen) atoms. The maximum absolute atomic E-state index is 12.5. The van der Waals surface area contributed by atoms with Crippen LogP contribution in [0, 0.1) is 0 Å². The van der Waals surface area contributed by atoms with Gasteiger partial charge in [0.05, 0.1) is 12.1 Å². The van der Waals surface area contributed by atoms with E-state index in [0.717, 1.165) is 38.2 Å². The SMILES string of the molecule is CN=C(NCCOc1ccc(C(F)(F)F)cn1)NC1CCN(C(C)C)CC1. The van der Waals surface area contributed by atoms with E-state index in [9.17, 15) is 13.2 Å². The quantitative estimate of drug-likeness (QED) is 0.446. The number of alkyl halides is 3. The van der Waals surface area contributed by atoms with Gasteiger partial charge < -0.3 is 20.3 Å². The highest BCUT2D eigenvalue weighted by molar-refractivity contribution is 5.79. The smallest absolute Gasteiger partial charge is 0.417 e. The monoisotopic (exact) mass is 387 g/mol. The third kappa shape index (κ3) is 6.89. The molecule has 0 spiro atoms. The van der Waals surface area contributed by atoms with Crippen molar-refractivity contribution in [3.05, 3.63) is 23.9 Å². The fourth-order valence-corrected chi connectivity index (χ4v) is 2.91. The third-order valence-corrected chi connectivity index (χ3v) is 4.53. The Labute approximate surface area is 158 Å². The Morgan fingerprint density at radius 2 is 2.04 bits per heavy atom. The van der Waals surface area contributed by atoms with Crippen LogP contribution in [0.1, 0.15) is 32.3 Å². The van der Waals surface area contributed by atoms with Crippen LogP contribution in [-0.4, -0.2) is 61.2 Å². The molecule has 152 valence electrons. The van der Waals surface area contributed by atoms with Gasteiger partial charge in [-0.2, -0.15) is 13.2 Å². The van der Waals surface area contributed by atoms with E-state index in [1.165, 1.54) is 6.07 Å². The van der Waals surface area contributed by atoms with Crippen LogP contribution in [0.15, 0.2) is 23.3 Å². The Morgan fingerprint density at radius 3 is 2.56 bits per heavy atom. The van der Waals surface area contributed by atoms with Crippen LogP contribution in [-0.2, 0) is 6.18 Å². The van der Waals surface area contributed by atoms with E-state index in [-0.39, 0.29) is 12.5 Å². The molecular formula is C18H28F3N5O. The molecule has 0 aliphatic carbocycles. The van der Waals surface area contributed by atoms with E-state index >= 15 is 0 Å². The molecule has 2 rings (SSSR count). The predicted octanol–water partition coefficient (Wildman–Crippen LogP) is 2.52. The molecule has 1 aliphatic heterocycles. The van der Waals surface area contributed by atoms with Gasteiger partial charge in [-0.05, 0) is 32.8 Å². The number of aromatic nitrogens is 1. The van der Waals surface area contributed by atoms with E-state index < -0.39 is 11.7 Å². The Bertz CT molecular complexity index is 596. The molecule has 0 bridgehead atoms. The molecule has 6 nitrogen and oxygen atoms in total. The molecule has 2 heterocycles. The molecule has 1 aliphatic rings. The molecule has 0 saturated carbocycles. The van der Waals surface area contributed by atoms with Crippen molar-refractivity contribution in [3.8, 4) is 5.88 Å².